The lowest BCUT2D eigenvalue weighted by Gasteiger charge is -2.35. The Bertz CT molecular complexity index is 1080. The molecule has 0 bridgehead atoms. The summed E-state index contributed by atoms with van der Waals surface area (Å²) in [4.78, 5) is 52.6. The number of benzene rings is 2. The van der Waals surface area contributed by atoms with Crippen molar-refractivity contribution in [2.24, 2.45) is 0 Å². The molecule has 1 atom stereocenters. The second-order valence-electron chi connectivity index (χ2n) is 8.31. The Hall–Kier alpha value is -3.59. The van der Waals surface area contributed by atoms with Gasteiger partial charge in [0.25, 0.3) is 11.8 Å². The topological polar surface area (TPSA) is 98.8 Å². The molecular weight excluding hydrogens is 427 g/mol. The van der Waals surface area contributed by atoms with Gasteiger partial charge in [-0.25, -0.2) is 9.29 Å². The SMILES string of the molecule is CC(=O)Nc1cccc(N2C(=O)CC(N3CCC(NC(=O)c4ccc(F)cc4)CC3)C2=O)c1. The third kappa shape index (κ3) is 5.09. The number of nitrogens with one attached hydrogen (secondary N) is 2. The molecule has 2 aliphatic heterocycles. The number of halogens is 1. The van der Waals surface area contributed by atoms with E-state index >= 15 is 0 Å². The molecule has 2 fully saturated rings. The summed E-state index contributed by atoms with van der Waals surface area (Å²) in [5.41, 5.74) is 1.34. The molecule has 2 aliphatic rings. The van der Waals surface area contributed by atoms with Crippen LogP contribution in [-0.4, -0.2) is 53.7 Å². The van der Waals surface area contributed by atoms with Gasteiger partial charge >= 0.3 is 0 Å². The number of piperidine rings is 1. The fourth-order valence-electron chi connectivity index (χ4n) is 4.32. The van der Waals surface area contributed by atoms with Crippen molar-refractivity contribution in [1.82, 2.24) is 10.2 Å². The number of hydrogen-bond acceptors (Lipinski definition) is 5. The zero-order valence-corrected chi connectivity index (χ0v) is 18.2. The minimum atomic E-state index is -0.546. The first kappa shape index (κ1) is 22.6. The average molecular weight is 452 g/mol. The maximum atomic E-state index is 13.1. The van der Waals surface area contributed by atoms with Crippen molar-refractivity contribution < 1.29 is 23.6 Å². The molecule has 4 rings (SSSR count). The third-order valence-electron chi connectivity index (χ3n) is 5.96. The van der Waals surface area contributed by atoms with Gasteiger partial charge in [0.2, 0.25) is 11.8 Å². The Morgan fingerprint density at radius 3 is 2.39 bits per heavy atom. The zero-order valence-electron chi connectivity index (χ0n) is 18.2. The molecule has 4 amide bonds. The summed E-state index contributed by atoms with van der Waals surface area (Å²) in [6.07, 6.45) is 1.38. The van der Waals surface area contributed by atoms with Gasteiger partial charge in [0.15, 0.2) is 0 Å². The summed E-state index contributed by atoms with van der Waals surface area (Å²) in [6, 6.07) is 11.4. The number of nitrogens with zero attached hydrogens (tertiary/aromatic N) is 2. The summed E-state index contributed by atoms with van der Waals surface area (Å²) in [7, 11) is 0. The van der Waals surface area contributed by atoms with Crippen LogP contribution < -0.4 is 15.5 Å². The van der Waals surface area contributed by atoms with E-state index in [1.165, 1.54) is 36.1 Å². The van der Waals surface area contributed by atoms with Crippen molar-refractivity contribution in [2.45, 2.75) is 38.3 Å². The largest absolute Gasteiger partial charge is 0.349 e. The minimum Gasteiger partial charge on any atom is -0.349 e. The van der Waals surface area contributed by atoms with E-state index in [1.807, 2.05) is 4.90 Å². The molecule has 8 nitrogen and oxygen atoms in total. The fraction of sp³-hybridized carbons (Fsp3) is 0.333. The van der Waals surface area contributed by atoms with E-state index in [0.717, 1.165) is 0 Å². The molecule has 0 aliphatic carbocycles. The summed E-state index contributed by atoms with van der Waals surface area (Å²) >= 11 is 0. The standard InChI is InChI=1S/C24H25FN4O4/c1-15(30)26-19-3-2-4-20(13-19)29-22(31)14-21(24(29)33)28-11-9-18(10-12-28)27-23(32)16-5-7-17(25)8-6-16/h2-8,13,18,21H,9-12,14H2,1H3,(H,26,30)(H,27,32). The molecule has 2 N–H and O–H groups in total. The van der Waals surface area contributed by atoms with Crippen molar-refractivity contribution in [2.75, 3.05) is 23.3 Å². The van der Waals surface area contributed by atoms with Crippen molar-refractivity contribution in [3.05, 3.63) is 59.9 Å². The van der Waals surface area contributed by atoms with Crippen LogP contribution in [-0.2, 0) is 14.4 Å². The lowest BCUT2D eigenvalue weighted by atomic mass is 10.0. The van der Waals surface area contributed by atoms with Gasteiger partial charge in [0.1, 0.15) is 5.82 Å². The molecule has 0 saturated carbocycles. The van der Waals surface area contributed by atoms with Crippen LogP contribution in [0.2, 0.25) is 0 Å². The number of amides is 4. The molecule has 2 heterocycles. The summed E-state index contributed by atoms with van der Waals surface area (Å²) in [5.74, 6) is -1.46. The van der Waals surface area contributed by atoms with Crippen molar-refractivity contribution >= 4 is 35.0 Å². The van der Waals surface area contributed by atoms with Gasteiger partial charge in [-0.15, -0.1) is 0 Å². The Kier molecular flexibility index (Phi) is 6.50. The number of hydrogen-bond donors (Lipinski definition) is 2. The second kappa shape index (κ2) is 9.50. The molecule has 0 spiro atoms. The molecule has 2 aromatic carbocycles. The molecule has 0 radical (unpaired) electrons. The molecule has 2 aromatic rings. The van der Waals surface area contributed by atoms with E-state index in [0.29, 0.717) is 42.9 Å². The molecule has 2 saturated heterocycles. The van der Waals surface area contributed by atoms with Gasteiger partial charge in [-0.3, -0.25) is 24.1 Å². The average Bonchev–Trinajstić information content (AvgIpc) is 3.08. The van der Waals surface area contributed by atoms with E-state index in [2.05, 4.69) is 10.6 Å². The van der Waals surface area contributed by atoms with Crippen molar-refractivity contribution in [3.63, 3.8) is 0 Å². The fourth-order valence-corrected chi connectivity index (χ4v) is 4.32. The Morgan fingerprint density at radius 2 is 1.73 bits per heavy atom. The predicted octanol–water partition coefficient (Wildman–Crippen LogP) is 2.31. The van der Waals surface area contributed by atoms with Crippen molar-refractivity contribution in [3.8, 4) is 0 Å². The first-order valence-corrected chi connectivity index (χ1v) is 10.9. The Labute approximate surface area is 190 Å². The highest BCUT2D eigenvalue weighted by Crippen LogP contribution is 2.29. The highest BCUT2D eigenvalue weighted by molar-refractivity contribution is 6.22. The monoisotopic (exact) mass is 452 g/mol. The van der Waals surface area contributed by atoms with E-state index in [1.54, 1.807) is 24.3 Å². The van der Waals surface area contributed by atoms with Gasteiger partial charge in [0.05, 0.1) is 18.2 Å². The summed E-state index contributed by atoms with van der Waals surface area (Å²) in [5, 5.41) is 5.61. The zero-order chi connectivity index (χ0) is 23.5. The molecule has 0 aromatic heterocycles. The van der Waals surface area contributed by atoms with E-state index in [-0.39, 0.29) is 36.1 Å². The van der Waals surface area contributed by atoms with Crippen LogP contribution in [0, 0.1) is 5.82 Å². The third-order valence-corrected chi connectivity index (χ3v) is 5.96. The normalized spacial score (nSPS) is 19.6. The Morgan fingerprint density at radius 1 is 1.03 bits per heavy atom. The van der Waals surface area contributed by atoms with Gasteiger partial charge in [-0.05, 0) is 55.3 Å². The van der Waals surface area contributed by atoms with E-state index in [4.69, 9.17) is 0 Å². The number of likely N-dealkylation sites (tertiary alicyclic amines) is 1. The molecule has 33 heavy (non-hydrogen) atoms. The van der Waals surface area contributed by atoms with Crippen LogP contribution >= 0.6 is 0 Å². The number of rotatable bonds is 5. The first-order valence-electron chi connectivity index (χ1n) is 10.9. The summed E-state index contributed by atoms with van der Waals surface area (Å²) < 4.78 is 13.1. The van der Waals surface area contributed by atoms with Crippen LogP contribution in [0.4, 0.5) is 15.8 Å². The number of imide groups is 1. The lowest BCUT2D eigenvalue weighted by Crippen LogP contribution is -2.50. The molecule has 172 valence electrons. The molecule has 9 heteroatoms. The highest BCUT2D eigenvalue weighted by Gasteiger charge is 2.43. The molecular formula is C24H25FN4O4. The van der Waals surface area contributed by atoms with E-state index in [9.17, 15) is 23.6 Å². The first-order chi connectivity index (χ1) is 15.8. The van der Waals surface area contributed by atoms with Crippen LogP contribution in [0.1, 0.15) is 36.5 Å². The predicted molar refractivity (Wildman–Crippen MR) is 120 cm³/mol. The highest BCUT2D eigenvalue weighted by atomic mass is 19.1. The number of carbonyl (C=O) groups is 4. The maximum absolute atomic E-state index is 13.1. The Balaban J connectivity index is 1.36. The van der Waals surface area contributed by atoms with Gasteiger partial charge in [-0.1, -0.05) is 6.07 Å². The van der Waals surface area contributed by atoms with Gasteiger partial charge in [-0.2, -0.15) is 0 Å². The van der Waals surface area contributed by atoms with Gasteiger partial charge in [0, 0.05) is 37.3 Å². The van der Waals surface area contributed by atoms with Gasteiger partial charge < -0.3 is 10.6 Å². The van der Waals surface area contributed by atoms with Crippen LogP contribution in [0.25, 0.3) is 0 Å². The van der Waals surface area contributed by atoms with E-state index < -0.39 is 11.9 Å². The number of carbonyl (C=O) groups excluding carboxylic acids is 4. The second-order valence-corrected chi connectivity index (χ2v) is 8.31. The molecule has 1 unspecified atom stereocenters. The summed E-state index contributed by atoms with van der Waals surface area (Å²) in [6.45, 7) is 2.52. The smallest absolute Gasteiger partial charge is 0.251 e. The van der Waals surface area contributed by atoms with Crippen LogP contribution in [0.5, 0.6) is 0 Å². The quantitative estimate of drug-likeness (QED) is 0.679. The number of anilines is 2. The van der Waals surface area contributed by atoms with Crippen molar-refractivity contribution in [1.29, 1.82) is 0 Å². The lowest BCUT2D eigenvalue weighted by molar-refractivity contribution is -0.123. The van der Waals surface area contributed by atoms with Crippen LogP contribution in [0.3, 0.4) is 0 Å². The van der Waals surface area contributed by atoms with Crippen LogP contribution in [0.15, 0.2) is 48.5 Å². The maximum Gasteiger partial charge on any atom is 0.251 e. The minimum absolute atomic E-state index is 0.0588.